The molecule has 0 bridgehead atoms. The fraction of sp³-hybridized carbons (Fsp3) is 0.857. The van der Waals surface area contributed by atoms with Gasteiger partial charge >= 0.3 is 12.1 Å². The molecule has 3 nitrogen and oxygen atoms in total. The van der Waals surface area contributed by atoms with E-state index in [1.54, 1.807) is 0 Å². The molecule has 1 heterocycles. The molecule has 0 aliphatic carbocycles. The van der Waals surface area contributed by atoms with Gasteiger partial charge in [0.25, 0.3) is 0 Å². The van der Waals surface area contributed by atoms with Crippen LogP contribution >= 0.6 is 13.5 Å². The highest BCUT2D eigenvalue weighted by Crippen LogP contribution is 2.18. The van der Waals surface area contributed by atoms with Gasteiger partial charge in [-0.2, -0.15) is 26.7 Å². The van der Waals surface area contributed by atoms with Crippen LogP contribution in [0.2, 0.25) is 0 Å². The van der Waals surface area contributed by atoms with Crippen LogP contribution in [0.25, 0.3) is 0 Å². The first kappa shape index (κ1) is 13.6. The van der Waals surface area contributed by atoms with E-state index in [0.717, 1.165) is 20.0 Å². The van der Waals surface area contributed by atoms with Crippen LogP contribution in [0, 0.1) is 0 Å². The summed E-state index contributed by atoms with van der Waals surface area (Å²) in [5.41, 5.74) is 0. The highest BCUT2D eigenvalue weighted by atomic mass is 32.1. The van der Waals surface area contributed by atoms with Gasteiger partial charge in [0.15, 0.2) is 0 Å². The molecule has 0 aromatic rings. The Morgan fingerprint density at radius 3 is 2.36 bits per heavy atom. The summed E-state index contributed by atoms with van der Waals surface area (Å²) in [7, 11) is 1.16. The van der Waals surface area contributed by atoms with Gasteiger partial charge < -0.3 is 10.2 Å². The van der Waals surface area contributed by atoms with Crippen molar-refractivity contribution in [3.05, 3.63) is 0 Å². The van der Waals surface area contributed by atoms with Crippen LogP contribution < -0.4 is 5.32 Å². The topological polar surface area (TPSA) is 32.3 Å². The molecule has 14 heavy (non-hydrogen) atoms. The molecule has 1 atom stereocenters. The normalized spacial score (nSPS) is 20.7. The monoisotopic (exact) mass is 230 g/mol. The summed E-state index contributed by atoms with van der Waals surface area (Å²) >= 11 is 0. The molecule has 84 valence electrons. The molecule has 0 saturated carbocycles. The number of amides is 1. The summed E-state index contributed by atoms with van der Waals surface area (Å²) < 4.78 is 35.6. The van der Waals surface area contributed by atoms with Crippen LogP contribution in [-0.4, -0.2) is 43.2 Å². The van der Waals surface area contributed by atoms with Crippen LogP contribution in [0.4, 0.5) is 13.2 Å². The first-order chi connectivity index (χ1) is 5.91. The first-order valence-corrected chi connectivity index (χ1v) is 3.97. The molecular weight excluding hydrogens is 217 g/mol. The third-order valence-corrected chi connectivity index (χ3v) is 2.01. The van der Waals surface area contributed by atoms with Gasteiger partial charge in [-0.1, -0.05) is 0 Å². The van der Waals surface area contributed by atoms with Crippen molar-refractivity contribution in [1.82, 2.24) is 10.2 Å². The van der Waals surface area contributed by atoms with Crippen LogP contribution in [0.5, 0.6) is 0 Å². The first-order valence-electron chi connectivity index (χ1n) is 3.97. The highest BCUT2D eigenvalue weighted by molar-refractivity contribution is 7.59. The summed E-state index contributed by atoms with van der Waals surface area (Å²) in [6.07, 6.45) is -3.92. The number of alkyl halides is 3. The van der Waals surface area contributed by atoms with Gasteiger partial charge in [0.2, 0.25) is 0 Å². The van der Waals surface area contributed by atoms with Crippen molar-refractivity contribution < 1.29 is 18.0 Å². The number of nitrogens with zero attached hydrogens (tertiary/aromatic N) is 1. The molecule has 0 aromatic heterocycles. The number of likely N-dealkylation sites (N-methyl/N-ethyl adjacent to an activating group) is 1. The molecule has 0 spiro atoms. The Labute approximate surface area is 87.1 Å². The van der Waals surface area contributed by atoms with Gasteiger partial charge in [-0.15, -0.1) is 0 Å². The molecule has 1 aliphatic rings. The molecule has 0 unspecified atom stereocenters. The van der Waals surface area contributed by atoms with Crippen molar-refractivity contribution in [1.29, 1.82) is 0 Å². The third-order valence-electron chi connectivity index (χ3n) is 2.01. The second kappa shape index (κ2) is 4.88. The molecule has 1 rings (SSSR count). The Kier molecular flexibility index (Phi) is 4.73. The van der Waals surface area contributed by atoms with E-state index in [0.29, 0.717) is 4.90 Å². The predicted octanol–water partition coefficient (Wildman–Crippen LogP) is 0.482. The average molecular weight is 230 g/mol. The summed E-state index contributed by atoms with van der Waals surface area (Å²) in [6.45, 7) is 0.942. The number of nitrogens with one attached hydrogen (secondary N) is 1. The fourth-order valence-corrected chi connectivity index (χ4v) is 1.13. The van der Waals surface area contributed by atoms with Gasteiger partial charge in [-0.3, -0.25) is 4.79 Å². The van der Waals surface area contributed by atoms with Gasteiger partial charge in [0, 0.05) is 19.6 Å². The number of hydrogen-bond donors (Lipinski definition) is 1. The molecule has 7 heteroatoms. The maximum Gasteiger partial charge on any atom is 0.471 e. The van der Waals surface area contributed by atoms with E-state index in [9.17, 15) is 18.0 Å². The minimum absolute atomic E-state index is 0. The van der Waals surface area contributed by atoms with E-state index in [1.165, 1.54) is 0 Å². The maximum absolute atomic E-state index is 11.9. The van der Waals surface area contributed by atoms with Crippen LogP contribution in [0.1, 0.15) is 6.42 Å². The van der Waals surface area contributed by atoms with E-state index >= 15 is 0 Å². The molecular formula is C7H13F3N2OS. The maximum atomic E-state index is 11.9. The van der Waals surface area contributed by atoms with Gasteiger partial charge in [0.05, 0.1) is 0 Å². The minimum atomic E-state index is -4.75. The van der Waals surface area contributed by atoms with E-state index in [1.807, 2.05) is 0 Å². The Bertz CT molecular complexity index is 206. The second-order valence-corrected chi connectivity index (χ2v) is 3.12. The van der Waals surface area contributed by atoms with Gasteiger partial charge in [-0.05, 0) is 13.0 Å². The molecule has 1 fully saturated rings. The Morgan fingerprint density at radius 1 is 1.57 bits per heavy atom. The van der Waals surface area contributed by atoms with E-state index in [2.05, 4.69) is 5.32 Å². The summed E-state index contributed by atoms with van der Waals surface area (Å²) in [5, 5.41) is 2.92. The van der Waals surface area contributed by atoms with Crippen LogP contribution in [0.15, 0.2) is 0 Å². The SMILES string of the molecule is CN(C[C@@H]1CCN1)C(=O)C(F)(F)F.S. The average Bonchev–Trinajstić information content (AvgIpc) is 1.93. The zero-order chi connectivity index (χ0) is 10.1. The zero-order valence-corrected chi connectivity index (χ0v) is 8.69. The summed E-state index contributed by atoms with van der Waals surface area (Å²) in [6, 6.07) is 0.0244. The molecule has 0 aromatic carbocycles. The quantitative estimate of drug-likeness (QED) is 0.748. The van der Waals surface area contributed by atoms with Crippen LogP contribution in [0.3, 0.4) is 0 Å². The summed E-state index contributed by atoms with van der Waals surface area (Å²) in [4.78, 5) is 11.3. The molecule has 1 N–H and O–H groups in total. The Morgan fingerprint density at radius 2 is 2.07 bits per heavy atom. The van der Waals surface area contributed by atoms with E-state index < -0.39 is 12.1 Å². The third kappa shape index (κ3) is 3.38. The van der Waals surface area contributed by atoms with E-state index in [-0.39, 0.29) is 26.1 Å². The largest absolute Gasteiger partial charge is 0.471 e. The molecule has 1 saturated heterocycles. The number of rotatable bonds is 2. The van der Waals surface area contributed by atoms with Crippen molar-refractivity contribution in [2.45, 2.75) is 18.6 Å². The van der Waals surface area contributed by atoms with Gasteiger partial charge in [0.1, 0.15) is 0 Å². The lowest BCUT2D eigenvalue weighted by Gasteiger charge is -2.31. The Balaban J connectivity index is 0.00000169. The standard InChI is InChI=1S/C7H11F3N2O.H2S/c1-12(4-5-2-3-11-5)6(13)7(8,9)10;/h5,11H,2-4H2,1H3;1H2/t5-;/m0./s1. The molecule has 0 radical (unpaired) electrons. The van der Waals surface area contributed by atoms with Crippen molar-refractivity contribution in [2.75, 3.05) is 20.1 Å². The van der Waals surface area contributed by atoms with Crippen molar-refractivity contribution in [3.8, 4) is 0 Å². The van der Waals surface area contributed by atoms with Gasteiger partial charge in [-0.25, -0.2) is 0 Å². The van der Waals surface area contributed by atoms with E-state index in [4.69, 9.17) is 0 Å². The number of carbonyl (C=O) groups excluding carboxylic acids is 1. The van der Waals surface area contributed by atoms with Crippen molar-refractivity contribution in [2.24, 2.45) is 0 Å². The number of hydrogen-bond acceptors (Lipinski definition) is 2. The number of carbonyl (C=O) groups is 1. The smallest absolute Gasteiger partial charge is 0.336 e. The lowest BCUT2D eigenvalue weighted by Crippen LogP contribution is -2.52. The minimum Gasteiger partial charge on any atom is -0.336 e. The summed E-state index contributed by atoms with van der Waals surface area (Å²) in [5.74, 6) is -1.78. The molecule has 1 aliphatic heterocycles. The van der Waals surface area contributed by atoms with Crippen molar-refractivity contribution >= 4 is 19.4 Å². The Hall–Kier alpha value is -0.430. The number of halogens is 3. The van der Waals surface area contributed by atoms with Crippen LogP contribution in [-0.2, 0) is 4.79 Å². The second-order valence-electron chi connectivity index (χ2n) is 3.12. The van der Waals surface area contributed by atoms with Crippen molar-refractivity contribution in [3.63, 3.8) is 0 Å². The lowest BCUT2D eigenvalue weighted by atomic mass is 10.1. The zero-order valence-electron chi connectivity index (χ0n) is 7.69. The fourth-order valence-electron chi connectivity index (χ4n) is 1.13. The lowest BCUT2D eigenvalue weighted by molar-refractivity contribution is -0.184. The molecule has 1 amide bonds. The predicted molar refractivity (Wildman–Crippen MR) is 50.5 cm³/mol. The highest BCUT2D eigenvalue weighted by Gasteiger charge is 2.41.